The lowest BCUT2D eigenvalue weighted by Gasteiger charge is -2.12. The third kappa shape index (κ3) is 2.99. The summed E-state index contributed by atoms with van der Waals surface area (Å²) in [4.78, 5) is 15.7. The van der Waals surface area contributed by atoms with Gasteiger partial charge in [-0.1, -0.05) is 18.2 Å². The molecule has 23 heavy (non-hydrogen) atoms. The van der Waals surface area contributed by atoms with Gasteiger partial charge in [-0.05, 0) is 30.7 Å². The van der Waals surface area contributed by atoms with E-state index in [1.807, 2.05) is 44.3 Å². The van der Waals surface area contributed by atoms with E-state index in [1.54, 1.807) is 23.1 Å². The highest BCUT2D eigenvalue weighted by atomic mass is 16.5. The van der Waals surface area contributed by atoms with Crippen LogP contribution in [-0.4, -0.2) is 21.1 Å². The molecular weight excluding hydrogens is 290 g/mol. The molecule has 0 atom stereocenters. The van der Waals surface area contributed by atoms with Crippen molar-refractivity contribution in [2.45, 2.75) is 13.5 Å². The molecule has 3 aromatic rings. The fraction of sp³-hybridized carbons (Fsp3) is 0.167. The minimum Gasteiger partial charge on any atom is -0.488 e. The van der Waals surface area contributed by atoms with Gasteiger partial charge in [-0.2, -0.15) is 5.10 Å². The SMILES string of the molecule is Cc1cccc(OCc2cccnc2-c2ccnn2C)c1C=O. The molecular formula is C18H17N3O2. The first-order valence-electron chi connectivity index (χ1n) is 7.30. The highest BCUT2D eigenvalue weighted by Gasteiger charge is 2.12. The maximum Gasteiger partial charge on any atom is 0.154 e. The van der Waals surface area contributed by atoms with E-state index < -0.39 is 0 Å². The molecule has 0 saturated heterocycles. The normalized spacial score (nSPS) is 10.5. The molecule has 2 aromatic heterocycles. The number of carbonyl (C=O) groups excluding carboxylic acids is 1. The molecule has 0 aliphatic carbocycles. The van der Waals surface area contributed by atoms with Crippen molar-refractivity contribution in [2.24, 2.45) is 7.05 Å². The summed E-state index contributed by atoms with van der Waals surface area (Å²) in [6, 6.07) is 11.3. The third-order valence-corrected chi connectivity index (χ3v) is 3.74. The van der Waals surface area contributed by atoms with Crippen LogP contribution >= 0.6 is 0 Å². The van der Waals surface area contributed by atoms with Crippen molar-refractivity contribution in [1.82, 2.24) is 14.8 Å². The van der Waals surface area contributed by atoms with Gasteiger partial charge in [-0.15, -0.1) is 0 Å². The third-order valence-electron chi connectivity index (χ3n) is 3.74. The molecule has 0 radical (unpaired) electrons. The van der Waals surface area contributed by atoms with E-state index in [9.17, 15) is 4.79 Å². The number of aryl methyl sites for hydroxylation is 2. The van der Waals surface area contributed by atoms with Gasteiger partial charge in [-0.25, -0.2) is 0 Å². The van der Waals surface area contributed by atoms with Crippen LogP contribution in [0.3, 0.4) is 0 Å². The standard InChI is InChI=1S/C18H17N3O2/c1-13-5-3-7-17(15(13)11-22)23-12-14-6-4-9-19-18(14)16-8-10-20-21(16)2/h3-11H,12H2,1-2H3. The molecule has 0 aliphatic heterocycles. The van der Waals surface area contributed by atoms with Crippen molar-refractivity contribution in [2.75, 3.05) is 0 Å². The lowest BCUT2D eigenvalue weighted by molar-refractivity contribution is 0.111. The van der Waals surface area contributed by atoms with Gasteiger partial charge in [0.05, 0.1) is 17.0 Å². The molecule has 116 valence electrons. The number of rotatable bonds is 5. The molecule has 5 nitrogen and oxygen atoms in total. The Hall–Kier alpha value is -2.95. The molecule has 3 rings (SSSR count). The molecule has 2 heterocycles. The van der Waals surface area contributed by atoms with Gasteiger partial charge in [0.25, 0.3) is 0 Å². The number of pyridine rings is 1. The van der Waals surface area contributed by atoms with Crippen molar-refractivity contribution in [3.05, 3.63) is 65.5 Å². The maximum absolute atomic E-state index is 11.3. The van der Waals surface area contributed by atoms with Crippen molar-refractivity contribution in [3.8, 4) is 17.1 Å². The molecule has 1 aromatic carbocycles. The quantitative estimate of drug-likeness (QED) is 0.679. The zero-order chi connectivity index (χ0) is 16.2. The van der Waals surface area contributed by atoms with Crippen LogP contribution in [0.15, 0.2) is 48.8 Å². The molecule has 0 aliphatic rings. The molecule has 0 saturated carbocycles. The first-order valence-corrected chi connectivity index (χ1v) is 7.30. The van der Waals surface area contributed by atoms with Crippen LogP contribution in [0.1, 0.15) is 21.5 Å². The minimum atomic E-state index is 0.332. The Kier molecular flexibility index (Phi) is 4.19. The summed E-state index contributed by atoms with van der Waals surface area (Å²) in [6.45, 7) is 2.22. The van der Waals surface area contributed by atoms with Gasteiger partial charge in [0.1, 0.15) is 12.4 Å². The summed E-state index contributed by atoms with van der Waals surface area (Å²) in [6.07, 6.45) is 4.31. The summed E-state index contributed by atoms with van der Waals surface area (Å²) in [5.41, 5.74) is 4.17. The largest absolute Gasteiger partial charge is 0.488 e. The Morgan fingerprint density at radius 2 is 2.04 bits per heavy atom. The van der Waals surface area contributed by atoms with Crippen molar-refractivity contribution in [3.63, 3.8) is 0 Å². The number of carbonyl (C=O) groups is 1. The first-order chi connectivity index (χ1) is 11.2. The molecule has 0 unspecified atom stereocenters. The first kappa shape index (κ1) is 15.0. The van der Waals surface area contributed by atoms with E-state index in [-0.39, 0.29) is 0 Å². The Balaban J connectivity index is 1.89. The Morgan fingerprint density at radius 1 is 1.17 bits per heavy atom. The summed E-state index contributed by atoms with van der Waals surface area (Å²) in [5.74, 6) is 0.583. The van der Waals surface area contributed by atoms with Gasteiger partial charge >= 0.3 is 0 Å². The maximum atomic E-state index is 11.3. The highest BCUT2D eigenvalue weighted by Crippen LogP contribution is 2.24. The van der Waals surface area contributed by atoms with Crippen LogP contribution in [0.4, 0.5) is 0 Å². The monoisotopic (exact) mass is 307 g/mol. The van der Waals surface area contributed by atoms with E-state index in [1.165, 1.54) is 0 Å². The van der Waals surface area contributed by atoms with Crippen molar-refractivity contribution >= 4 is 6.29 Å². The van der Waals surface area contributed by atoms with Gasteiger partial charge in [0.15, 0.2) is 6.29 Å². The molecule has 0 N–H and O–H groups in total. The number of hydrogen-bond acceptors (Lipinski definition) is 4. The highest BCUT2D eigenvalue weighted by molar-refractivity contribution is 5.81. The van der Waals surface area contributed by atoms with E-state index in [0.29, 0.717) is 17.9 Å². The predicted octanol–water partition coefficient (Wildman–Crippen LogP) is 3.18. The fourth-order valence-electron chi connectivity index (χ4n) is 2.48. The van der Waals surface area contributed by atoms with E-state index in [2.05, 4.69) is 10.1 Å². The van der Waals surface area contributed by atoms with Crippen LogP contribution in [0.25, 0.3) is 11.4 Å². The number of nitrogens with zero attached hydrogens (tertiary/aromatic N) is 3. The average Bonchev–Trinajstić information content (AvgIpc) is 2.99. The van der Waals surface area contributed by atoms with Crippen LogP contribution in [0, 0.1) is 6.92 Å². The van der Waals surface area contributed by atoms with Gasteiger partial charge in [-0.3, -0.25) is 14.5 Å². The van der Waals surface area contributed by atoms with Gasteiger partial charge in [0.2, 0.25) is 0 Å². The second-order valence-corrected chi connectivity index (χ2v) is 5.24. The topological polar surface area (TPSA) is 57.0 Å². The molecule has 0 fully saturated rings. The Morgan fingerprint density at radius 3 is 2.78 bits per heavy atom. The predicted molar refractivity (Wildman–Crippen MR) is 87.3 cm³/mol. The fourth-order valence-corrected chi connectivity index (χ4v) is 2.48. The summed E-state index contributed by atoms with van der Waals surface area (Å²) >= 11 is 0. The average molecular weight is 307 g/mol. The van der Waals surface area contributed by atoms with Crippen LogP contribution in [0.2, 0.25) is 0 Å². The zero-order valence-electron chi connectivity index (χ0n) is 13.1. The summed E-state index contributed by atoms with van der Waals surface area (Å²) in [5, 5.41) is 4.18. The Bertz CT molecular complexity index is 840. The van der Waals surface area contributed by atoms with Gasteiger partial charge < -0.3 is 4.74 Å². The summed E-state index contributed by atoms with van der Waals surface area (Å²) in [7, 11) is 1.87. The van der Waals surface area contributed by atoms with Crippen molar-refractivity contribution < 1.29 is 9.53 Å². The molecule has 0 bridgehead atoms. The van der Waals surface area contributed by atoms with Crippen LogP contribution < -0.4 is 4.74 Å². The lowest BCUT2D eigenvalue weighted by Crippen LogP contribution is -2.04. The number of benzene rings is 1. The second kappa shape index (κ2) is 6.44. The van der Waals surface area contributed by atoms with Crippen LogP contribution in [-0.2, 0) is 13.7 Å². The second-order valence-electron chi connectivity index (χ2n) is 5.24. The molecule has 0 spiro atoms. The number of hydrogen-bond donors (Lipinski definition) is 0. The van der Waals surface area contributed by atoms with E-state index >= 15 is 0 Å². The molecule has 5 heteroatoms. The summed E-state index contributed by atoms with van der Waals surface area (Å²) < 4.78 is 7.65. The lowest BCUT2D eigenvalue weighted by atomic mass is 10.1. The van der Waals surface area contributed by atoms with Gasteiger partial charge in [0, 0.05) is 25.0 Å². The minimum absolute atomic E-state index is 0.332. The number of aldehydes is 1. The van der Waals surface area contributed by atoms with Crippen LogP contribution in [0.5, 0.6) is 5.75 Å². The smallest absolute Gasteiger partial charge is 0.154 e. The van der Waals surface area contributed by atoms with Crippen molar-refractivity contribution in [1.29, 1.82) is 0 Å². The zero-order valence-corrected chi connectivity index (χ0v) is 13.1. The molecule has 0 amide bonds. The van der Waals surface area contributed by atoms with E-state index in [4.69, 9.17) is 4.74 Å². The number of aromatic nitrogens is 3. The van der Waals surface area contributed by atoms with E-state index in [0.717, 1.165) is 28.8 Å². The number of ether oxygens (including phenoxy) is 1. The Labute approximate surface area is 134 Å².